The number of amides is 1. The number of nitrogens with zero attached hydrogens (tertiary/aromatic N) is 1. The van der Waals surface area contributed by atoms with Crippen molar-refractivity contribution in [1.82, 2.24) is 4.98 Å². The zero-order chi connectivity index (χ0) is 12.0. The molecule has 0 aliphatic carbocycles. The highest BCUT2D eigenvalue weighted by atomic mass is 16.5. The number of pyridine rings is 1. The van der Waals surface area contributed by atoms with Crippen LogP contribution in [0.4, 0.5) is 5.69 Å². The number of methoxy groups -OCH3 is 1. The van der Waals surface area contributed by atoms with E-state index in [4.69, 9.17) is 10.5 Å². The highest BCUT2D eigenvalue weighted by Crippen LogP contribution is 2.19. The van der Waals surface area contributed by atoms with Gasteiger partial charge in [-0.05, 0) is 18.6 Å². The fourth-order valence-corrected chi connectivity index (χ4v) is 1.16. The molecule has 0 aliphatic heterocycles. The molecule has 3 N–H and O–H groups in total. The summed E-state index contributed by atoms with van der Waals surface area (Å²) in [5, 5.41) is 2.65. The predicted octanol–water partition coefficient (Wildman–Crippen LogP) is 0.932. The second-order valence-electron chi connectivity index (χ2n) is 3.18. The zero-order valence-electron chi connectivity index (χ0n) is 9.14. The molecule has 1 unspecified atom stereocenters. The van der Waals surface area contributed by atoms with E-state index in [1.54, 1.807) is 24.4 Å². The van der Waals surface area contributed by atoms with Crippen LogP contribution in [-0.2, 0) is 4.79 Å². The van der Waals surface area contributed by atoms with Gasteiger partial charge in [-0.15, -0.1) is 6.58 Å². The molecule has 0 aromatic carbocycles. The van der Waals surface area contributed by atoms with Crippen molar-refractivity contribution in [3.8, 4) is 5.88 Å². The van der Waals surface area contributed by atoms with Crippen molar-refractivity contribution in [1.29, 1.82) is 0 Å². The number of ether oxygens (including phenoxy) is 1. The zero-order valence-corrected chi connectivity index (χ0v) is 9.14. The molecule has 1 atom stereocenters. The van der Waals surface area contributed by atoms with Crippen LogP contribution in [0, 0.1) is 0 Å². The Balaban J connectivity index is 2.72. The van der Waals surface area contributed by atoms with Crippen molar-refractivity contribution in [2.45, 2.75) is 12.5 Å². The molecular formula is C11H15N3O2. The molecular weight excluding hydrogens is 206 g/mol. The number of hydrogen-bond donors (Lipinski definition) is 2. The van der Waals surface area contributed by atoms with Crippen LogP contribution >= 0.6 is 0 Å². The van der Waals surface area contributed by atoms with Gasteiger partial charge in [0, 0.05) is 6.20 Å². The van der Waals surface area contributed by atoms with E-state index in [9.17, 15) is 4.79 Å². The topological polar surface area (TPSA) is 77.2 Å². The minimum absolute atomic E-state index is 0.286. The standard InChI is InChI=1S/C11H15N3O2/c1-3-5-8(12)10(15)14-9-6-4-7-13-11(9)16-2/h3-4,6-8H,1,5,12H2,2H3,(H,14,15). The average Bonchev–Trinajstić information content (AvgIpc) is 2.30. The maximum absolute atomic E-state index is 11.6. The first-order chi connectivity index (χ1) is 7.69. The molecule has 0 saturated heterocycles. The number of anilines is 1. The van der Waals surface area contributed by atoms with Gasteiger partial charge >= 0.3 is 0 Å². The van der Waals surface area contributed by atoms with Gasteiger partial charge in [0.15, 0.2) is 0 Å². The molecule has 0 aliphatic rings. The van der Waals surface area contributed by atoms with E-state index in [1.807, 2.05) is 0 Å². The Bertz CT molecular complexity index is 379. The maximum atomic E-state index is 11.6. The molecule has 5 heteroatoms. The predicted molar refractivity (Wildman–Crippen MR) is 62.2 cm³/mol. The maximum Gasteiger partial charge on any atom is 0.241 e. The Morgan fingerprint density at radius 2 is 2.56 bits per heavy atom. The number of aromatic nitrogens is 1. The molecule has 1 rings (SSSR count). The third kappa shape index (κ3) is 3.06. The van der Waals surface area contributed by atoms with Crippen LogP contribution in [0.3, 0.4) is 0 Å². The van der Waals surface area contributed by atoms with Gasteiger partial charge in [-0.3, -0.25) is 4.79 Å². The number of carbonyl (C=O) groups is 1. The van der Waals surface area contributed by atoms with Gasteiger partial charge in [0.25, 0.3) is 0 Å². The molecule has 0 radical (unpaired) electrons. The second-order valence-corrected chi connectivity index (χ2v) is 3.18. The smallest absolute Gasteiger partial charge is 0.241 e. The van der Waals surface area contributed by atoms with Crippen molar-refractivity contribution in [2.24, 2.45) is 5.73 Å². The van der Waals surface area contributed by atoms with Gasteiger partial charge in [0.2, 0.25) is 11.8 Å². The van der Waals surface area contributed by atoms with E-state index >= 15 is 0 Å². The Kier molecular flexibility index (Phi) is 4.47. The van der Waals surface area contributed by atoms with Gasteiger partial charge in [-0.1, -0.05) is 6.08 Å². The van der Waals surface area contributed by atoms with Gasteiger partial charge in [0.05, 0.1) is 13.2 Å². The Morgan fingerprint density at radius 3 is 3.19 bits per heavy atom. The van der Waals surface area contributed by atoms with Crippen LogP contribution in [0.5, 0.6) is 5.88 Å². The average molecular weight is 221 g/mol. The summed E-state index contributed by atoms with van der Waals surface area (Å²) < 4.78 is 5.00. The first-order valence-electron chi connectivity index (χ1n) is 4.85. The van der Waals surface area contributed by atoms with E-state index in [2.05, 4.69) is 16.9 Å². The van der Waals surface area contributed by atoms with Crippen molar-refractivity contribution in [3.63, 3.8) is 0 Å². The molecule has 1 aromatic rings. The van der Waals surface area contributed by atoms with E-state index in [0.717, 1.165) is 0 Å². The van der Waals surface area contributed by atoms with Crippen LogP contribution < -0.4 is 15.8 Å². The minimum Gasteiger partial charge on any atom is -0.480 e. The summed E-state index contributed by atoms with van der Waals surface area (Å²) in [7, 11) is 1.49. The molecule has 0 spiro atoms. The molecule has 16 heavy (non-hydrogen) atoms. The van der Waals surface area contributed by atoms with Crippen LogP contribution in [0.1, 0.15) is 6.42 Å². The molecule has 1 aromatic heterocycles. The van der Waals surface area contributed by atoms with Crippen LogP contribution in [0.15, 0.2) is 31.0 Å². The first-order valence-corrected chi connectivity index (χ1v) is 4.85. The summed E-state index contributed by atoms with van der Waals surface area (Å²) in [4.78, 5) is 15.6. The highest BCUT2D eigenvalue weighted by Gasteiger charge is 2.13. The van der Waals surface area contributed by atoms with E-state index in [1.165, 1.54) is 7.11 Å². The lowest BCUT2D eigenvalue weighted by atomic mass is 10.2. The van der Waals surface area contributed by atoms with Gasteiger partial charge in [0.1, 0.15) is 5.69 Å². The Morgan fingerprint density at radius 1 is 1.81 bits per heavy atom. The number of carbonyl (C=O) groups excluding carboxylic acids is 1. The summed E-state index contributed by atoms with van der Waals surface area (Å²) in [6.07, 6.45) is 3.61. The van der Waals surface area contributed by atoms with Crippen molar-refractivity contribution < 1.29 is 9.53 Å². The van der Waals surface area contributed by atoms with Crippen molar-refractivity contribution >= 4 is 11.6 Å². The van der Waals surface area contributed by atoms with Crippen molar-refractivity contribution in [2.75, 3.05) is 12.4 Å². The first kappa shape index (κ1) is 12.2. The third-order valence-electron chi connectivity index (χ3n) is 1.98. The quantitative estimate of drug-likeness (QED) is 0.725. The summed E-state index contributed by atoms with van der Waals surface area (Å²) >= 11 is 0. The summed E-state index contributed by atoms with van der Waals surface area (Å²) in [6, 6.07) is 2.80. The number of nitrogens with two attached hydrogens (primary N) is 1. The van der Waals surface area contributed by atoms with E-state index in [0.29, 0.717) is 18.0 Å². The summed E-state index contributed by atoms with van der Waals surface area (Å²) in [6.45, 7) is 3.53. The Labute approximate surface area is 94.3 Å². The largest absolute Gasteiger partial charge is 0.480 e. The lowest BCUT2D eigenvalue weighted by molar-refractivity contribution is -0.117. The lowest BCUT2D eigenvalue weighted by Gasteiger charge is -2.11. The third-order valence-corrected chi connectivity index (χ3v) is 1.98. The fourth-order valence-electron chi connectivity index (χ4n) is 1.16. The lowest BCUT2D eigenvalue weighted by Crippen LogP contribution is -2.35. The second kappa shape index (κ2) is 5.87. The van der Waals surface area contributed by atoms with Gasteiger partial charge in [-0.2, -0.15) is 0 Å². The SMILES string of the molecule is C=CCC(N)C(=O)Nc1cccnc1OC. The Hall–Kier alpha value is -1.88. The minimum atomic E-state index is -0.609. The van der Waals surface area contributed by atoms with Crippen LogP contribution in [0.25, 0.3) is 0 Å². The fraction of sp³-hybridized carbons (Fsp3) is 0.273. The van der Waals surface area contributed by atoms with Crippen LogP contribution in [-0.4, -0.2) is 24.0 Å². The molecule has 0 fully saturated rings. The number of hydrogen-bond acceptors (Lipinski definition) is 4. The van der Waals surface area contributed by atoms with E-state index < -0.39 is 6.04 Å². The summed E-state index contributed by atoms with van der Waals surface area (Å²) in [5.74, 6) is 0.0767. The summed E-state index contributed by atoms with van der Waals surface area (Å²) in [5.41, 5.74) is 6.13. The monoisotopic (exact) mass is 221 g/mol. The number of rotatable bonds is 5. The molecule has 5 nitrogen and oxygen atoms in total. The molecule has 1 amide bonds. The van der Waals surface area contributed by atoms with E-state index in [-0.39, 0.29) is 5.91 Å². The van der Waals surface area contributed by atoms with Crippen molar-refractivity contribution in [3.05, 3.63) is 31.0 Å². The normalized spacial score (nSPS) is 11.6. The molecule has 0 saturated carbocycles. The molecule has 86 valence electrons. The molecule has 1 heterocycles. The van der Waals surface area contributed by atoms with Crippen LogP contribution in [0.2, 0.25) is 0 Å². The number of nitrogens with one attached hydrogen (secondary N) is 1. The molecule has 0 bridgehead atoms. The van der Waals surface area contributed by atoms with Gasteiger partial charge < -0.3 is 15.8 Å². The van der Waals surface area contributed by atoms with Gasteiger partial charge in [-0.25, -0.2) is 4.98 Å². The highest BCUT2D eigenvalue weighted by molar-refractivity contribution is 5.95.